The van der Waals surface area contributed by atoms with Crippen LogP contribution >= 0.6 is 22.7 Å². The summed E-state index contributed by atoms with van der Waals surface area (Å²) in [6.45, 7) is 4.84. The van der Waals surface area contributed by atoms with Crippen LogP contribution in [0.3, 0.4) is 0 Å². The molecule has 2 aliphatic heterocycles. The maximum Gasteiger partial charge on any atom is 0.239 e. The summed E-state index contributed by atoms with van der Waals surface area (Å²) in [7, 11) is 0. The highest BCUT2D eigenvalue weighted by Crippen LogP contribution is 2.28. The lowest BCUT2D eigenvalue weighted by atomic mass is 10.0. The van der Waals surface area contributed by atoms with Crippen molar-refractivity contribution in [3.8, 4) is 21.4 Å². The first-order valence-corrected chi connectivity index (χ1v) is 12.6. The first-order chi connectivity index (χ1) is 15.2. The minimum absolute atomic E-state index is 0.0273. The van der Waals surface area contributed by atoms with Crippen molar-refractivity contribution in [1.29, 1.82) is 0 Å². The first kappa shape index (κ1) is 20.7. The van der Waals surface area contributed by atoms with Gasteiger partial charge in [-0.15, -0.1) is 22.7 Å². The van der Waals surface area contributed by atoms with Crippen molar-refractivity contribution < 1.29 is 4.79 Å². The number of nitrogens with zero attached hydrogens (tertiary/aromatic N) is 5. The number of hydrogen-bond acceptors (Lipinski definition) is 8. The zero-order chi connectivity index (χ0) is 21.0. The van der Waals surface area contributed by atoms with Crippen molar-refractivity contribution >= 4 is 34.4 Å². The fourth-order valence-electron chi connectivity index (χ4n) is 4.42. The molecule has 7 nitrogen and oxygen atoms in total. The Labute approximate surface area is 190 Å². The lowest BCUT2D eigenvalue weighted by Gasteiger charge is -2.36. The van der Waals surface area contributed by atoms with Gasteiger partial charge in [0.1, 0.15) is 16.5 Å². The van der Waals surface area contributed by atoms with E-state index in [0.717, 1.165) is 41.5 Å². The molecule has 0 spiro atoms. The van der Waals surface area contributed by atoms with Gasteiger partial charge < -0.3 is 10.2 Å². The van der Waals surface area contributed by atoms with Crippen molar-refractivity contribution in [3.63, 3.8) is 0 Å². The van der Waals surface area contributed by atoms with Crippen LogP contribution in [0.5, 0.6) is 0 Å². The van der Waals surface area contributed by atoms with E-state index in [9.17, 15) is 4.79 Å². The molecule has 0 atom stereocenters. The van der Waals surface area contributed by atoms with Crippen molar-refractivity contribution in [1.82, 2.24) is 24.8 Å². The highest BCUT2D eigenvalue weighted by molar-refractivity contribution is 7.13. The van der Waals surface area contributed by atoms with E-state index in [4.69, 9.17) is 0 Å². The van der Waals surface area contributed by atoms with Gasteiger partial charge in [-0.25, -0.2) is 15.0 Å². The number of thiazole rings is 1. The molecule has 2 fully saturated rings. The highest BCUT2D eigenvalue weighted by Gasteiger charge is 2.27. The second kappa shape index (κ2) is 9.52. The number of rotatable bonds is 6. The molecular formula is C22H26N6OS2. The molecule has 3 aromatic heterocycles. The van der Waals surface area contributed by atoms with Crippen molar-refractivity contribution in [3.05, 3.63) is 35.2 Å². The minimum atomic E-state index is -0.0273. The lowest BCUT2D eigenvalue weighted by Crippen LogP contribution is -2.45. The lowest BCUT2D eigenvalue weighted by molar-refractivity contribution is -0.117. The van der Waals surface area contributed by atoms with Gasteiger partial charge in [-0.1, -0.05) is 6.07 Å². The van der Waals surface area contributed by atoms with Gasteiger partial charge in [-0.3, -0.25) is 9.69 Å². The quantitative estimate of drug-likeness (QED) is 0.610. The Hall–Kier alpha value is -2.20. The summed E-state index contributed by atoms with van der Waals surface area (Å²) < 4.78 is 0. The summed E-state index contributed by atoms with van der Waals surface area (Å²) in [5.41, 5.74) is 0.732. The van der Waals surface area contributed by atoms with E-state index >= 15 is 0 Å². The van der Waals surface area contributed by atoms with E-state index in [2.05, 4.69) is 30.1 Å². The molecule has 0 unspecified atom stereocenters. The van der Waals surface area contributed by atoms with Crippen LogP contribution in [0.1, 0.15) is 25.7 Å². The summed E-state index contributed by atoms with van der Waals surface area (Å²) in [5.74, 6) is 1.12. The van der Waals surface area contributed by atoms with E-state index < -0.39 is 0 Å². The number of carbonyl (C=O) groups is 1. The molecule has 5 heterocycles. The molecule has 2 aliphatic rings. The summed E-state index contributed by atoms with van der Waals surface area (Å²) >= 11 is 3.11. The third kappa shape index (κ3) is 5.01. The van der Waals surface area contributed by atoms with Crippen molar-refractivity contribution in [2.24, 2.45) is 0 Å². The molecule has 5 rings (SSSR count). The van der Waals surface area contributed by atoms with E-state index in [1.807, 2.05) is 29.0 Å². The molecule has 0 aliphatic carbocycles. The van der Waals surface area contributed by atoms with Crippen LogP contribution in [0, 0.1) is 0 Å². The fraction of sp³-hybridized carbons (Fsp3) is 0.455. The van der Waals surface area contributed by atoms with Gasteiger partial charge in [0, 0.05) is 36.8 Å². The van der Waals surface area contributed by atoms with Gasteiger partial charge in [0.05, 0.1) is 11.4 Å². The number of thiophene rings is 1. The third-order valence-electron chi connectivity index (χ3n) is 5.97. The number of hydrogen-bond donors (Lipinski definition) is 1. The first-order valence-electron chi connectivity index (χ1n) is 10.8. The Balaban J connectivity index is 1.24. The predicted octanol–water partition coefficient (Wildman–Crippen LogP) is 3.83. The van der Waals surface area contributed by atoms with Crippen LogP contribution in [-0.2, 0) is 4.79 Å². The van der Waals surface area contributed by atoms with E-state index in [1.165, 1.54) is 37.3 Å². The molecule has 1 amide bonds. The highest BCUT2D eigenvalue weighted by atomic mass is 32.1. The second-order valence-corrected chi connectivity index (χ2v) is 9.92. The average Bonchev–Trinajstić information content (AvgIpc) is 3.58. The zero-order valence-electron chi connectivity index (χ0n) is 17.4. The normalized spacial score (nSPS) is 18.5. The van der Waals surface area contributed by atoms with Crippen LogP contribution in [-0.4, -0.2) is 69.4 Å². The fourth-order valence-corrected chi connectivity index (χ4v) is 5.68. The maximum absolute atomic E-state index is 12.8. The van der Waals surface area contributed by atoms with Gasteiger partial charge in [-0.05, 0) is 50.2 Å². The van der Waals surface area contributed by atoms with E-state index in [1.54, 1.807) is 17.5 Å². The number of piperidine rings is 1. The molecule has 3 aromatic rings. The number of amides is 1. The summed E-state index contributed by atoms with van der Waals surface area (Å²) in [6.07, 6.45) is 6.72. The predicted molar refractivity (Wildman–Crippen MR) is 125 cm³/mol. The monoisotopic (exact) mass is 454 g/mol. The Morgan fingerprint density at radius 2 is 1.94 bits per heavy atom. The molecule has 9 heteroatoms. The molecule has 162 valence electrons. The molecule has 1 N–H and O–H groups in total. The van der Waals surface area contributed by atoms with Gasteiger partial charge in [0.15, 0.2) is 5.82 Å². The third-order valence-corrected chi connectivity index (χ3v) is 7.63. The molecule has 0 radical (unpaired) electrons. The van der Waals surface area contributed by atoms with Crippen molar-refractivity contribution in [2.45, 2.75) is 31.7 Å². The van der Waals surface area contributed by atoms with Crippen LogP contribution in [0.15, 0.2) is 35.2 Å². The minimum Gasteiger partial charge on any atom is -0.309 e. The van der Waals surface area contributed by atoms with Crippen LogP contribution in [0.4, 0.5) is 5.82 Å². The SMILES string of the molecule is O=C(CN1CCC(N2CCCC2)CC1)Nc1cc(-c2nccs2)nc(-c2cccs2)n1. The van der Waals surface area contributed by atoms with Crippen LogP contribution < -0.4 is 5.32 Å². The summed E-state index contributed by atoms with van der Waals surface area (Å²) in [6, 6.07) is 6.47. The largest absolute Gasteiger partial charge is 0.309 e. The topological polar surface area (TPSA) is 74.2 Å². The number of nitrogens with one attached hydrogen (secondary N) is 1. The van der Waals surface area contributed by atoms with Gasteiger partial charge in [0.2, 0.25) is 5.91 Å². The summed E-state index contributed by atoms with van der Waals surface area (Å²) in [4.78, 5) is 32.3. The van der Waals surface area contributed by atoms with E-state index in [0.29, 0.717) is 24.2 Å². The van der Waals surface area contributed by atoms with Gasteiger partial charge in [0.25, 0.3) is 0 Å². The Bertz CT molecular complexity index is 941. The Kier molecular flexibility index (Phi) is 6.35. The van der Waals surface area contributed by atoms with Gasteiger partial charge in [-0.2, -0.15) is 0 Å². The number of aromatic nitrogens is 3. The standard InChI is InChI=1S/C22H26N6OS2/c29-20(15-27-10-5-16(6-11-27)28-8-1-2-9-28)25-19-14-17(22-23-7-13-31-22)24-21(26-19)18-4-3-12-30-18/h3-4,7,12-14,16H,1-2,5-6,8-11,15H2,(H,24,25,26,29). The number of carbonyl (C=O) groups excluding carboxylic acids is 1. The number of likely N-dealkylation sites (tertiary alicyclic amines) is 2. The Morgan fingerprint density at radius 1 is 1.10 bits per heavy atom. The van der Waals surface area contributed by atoms with Crippen LogP contribution in [0.2, 0.25) is 0 Å². The maximum atomic E-state index is 12.8. The zero-order valence-corrected chi connectivity index (χ0v) is 19.0. The van der Waals surface area contributed by atoms with E-state index in [-0.39, 0.29) is 5.91 Å². The molecular weight excluding hydrogens is 428 g/mol. The van der Waals surface area contributed by atoms with Crippen LogP contribution in [0.25, 0.3) is 21.4 Å². The second-order valence-electron chi connectivity index (χ2n) is 8.08. The average molecular weight is 455 g/mol. The summed E-state index contributed by atoms with van der Waals surface area (Å²) in [5, 5.41) is 7.74. The van der Waals surface area contributed by atoms with Gasteiger partial charge >= 0.3 is 0 Å². The molecule has 0 saturated carbocycles. The molecule has 0 bridgehead atoms. The molecule has 2 saturated heterocycles. The number of anilines is 1. The molecule has 0 aromatic carbocycles. The Morgan fingerprint density at radius 3 is 2.65 bits per heavy atom. The smallest absolute Gasteiger partial charge is 0.239 e. The molecule has 31 heavy (non-hydrogen) atoms. The van der Waals surface area contributed by atoms with Crippen molar-refractivity contribution in [2.75, 3.05) is 38.0 Å².